The Balaban J connectivity index is 2.23. The van der Waals surface area contributed by atoms with Crippen molar-refractivity contribution in [2.24, 2.45) is 5.41 Å². The van der Waals surface area contributed by atoms with Gasteiger partial charge in [0, 0.05) is 19.6 Å². The number of likely N-dealkylation sites (tertiary alicyclic amines) is 1. The SMILES string of the molecule is CC1(C)CN(CC(O)C(=O)O)C1. The number of carboxylic acids is 1. The normalized spacial score (nSPS) is 24.6. The van der Waals surface area contributed by atoms with Crippen LogP contribution in [0.2, 0.25) is 0 Å². The lowest BCUT2D eigenvalue weighted by atomic mass is 9.84. The molecule has 1 fully saturated rings. The first-order valence-electron chi connectivity index (χ1n) is 4.04. The van der Waals surface area contributed by atoms with Crippen molar-refractivity contribution in [1.29, 1.82) is 0 Å². The van der Waals surface area contributed by atoms with E-state index in [0.717, 1.165) is 13.1 Å². The summed E-state index contributed by atoms with van der Waals surface area (Å²) in [6.07, 6.45) is -1.24. The Labute approximate surface area is 71.8 Å². The van der Waals surface area contributed by atoms with Gasteiger partial charge >= 0.3 is 5.97 Å². The standard InChI is InChI=1S/C8H15NO3/c1-8(2)4-9(5-8)3-6(10)7(11)12/h6,10H,3-5H2,1-2H3,(H,11,12). The molecule has 1 rings (SSSR count). The van der Waals surface area contributed by atoms with Crippen LogP contribution in [0.15, 0.2) is 0 Å². The Kier molecular flexibility index (Phi) is 2.39. The Morgan fingerprint density at radius 3 is 2.42 bits per heavy atom. The number of rotatable bonds is 3. The fraction of sp³-hybridized carbons (Fsp3) is 0.875. The fourth-order valence-corrected chi connectivity index (χ4v) is 1.62. The average molecular weight is 173 g/mol. The van der Waals surface area contributed by atoms with Crippen LogP contribution in [0, 0.1) is 5.41 Å². The van der Waals surface area contributed by atoms with Gasteiger partial charge in [0.05, 0.1) is 0 Å². The first-order chi connectivity index (χ1) is 5.41. The Morgan fingerprint density at radius 1 is 1.58 bits per heavy atom. The second kappa shape index (κ2) is 3.03. The Morgan fingerprint density at radius 2 is 2.08 bits per heavy atom. The number of aliphatic carboxylic acids is 1. The largest absolute Gasteiger partial charge is 0.479 e. The maximum absolute atomic E-state index is 10.3. The van der Waals surface area contributed by atoms with Gasteiger partial charge in [-0.2, -0.15) is 0 Å². The minimum absolute atomic E-state index is 0.249. The zero-order valence-corrected chi connectivity index (χ0v) is 7.45. The second-order valence-corrected chi connectivity index (χ2v) is 4.19. The monoisotopic (exact) mass is 173 g/mol. The molecule has 1 aliphatic rings. The quantitative estimate of drug-likeness (QED) is 0.619. The number of hydrogen-bond donors (Lipinski definition) is 2. The van der Waals surface area contributed by atoms with Crippen LogP contribution in [-0.2, 0) is 4.79 Å². The summed E-state index contributed by atoms with van der Waals surface area (Å²) in [5, 5.41) is 17.4. The van der Waals surface area contributed by atoms with Crippen LogP contribution in [0.4, 0.5) is 0 Å². The number of hydrogen-bond acceptors (Lipinski definition) is 3. The van der Waals surface area contributed by atoms with Crippen molar-refractivity contribution in [3.63, 3.8) is 0 Å². The molecule has 1 saturated heterocycles. The first-order valence-corrected chi connectivity index (χ1v) is 4.04. The van der Waals surface area contributed by atoms with Crippen molar-refractivity contribution in [2.45, 2.75) is 20.0 Å². The average Bonchev–Trinajstić information content (AvgIpc) is 1.83. The minimum Gasteiger partial charge on any atom is -0.479 e. The predicted octanol–water partition coefficient (Wildman–Crippen LogP) is -0.226. The third kappa shape index (κ3) is 2.19. The van der Waals surface area contributed by atoms with Crippen LogP contribution < -0.4 is 0 Å². The van der Waals surface area contributed by atoms with Crippen molar-refractivity contribution in [3.05, 3.63) is 0 Å². The number of carboxylic acid groups (broad SMARTS) is 1. The summed E-state index contributed by atoms with van der Waals surface area (Å²) in [7, 11) is 0. The van der Waals surface area contributed by atoms with E-state index in [0.29, 0.717) is 0 Å². The van der Waals surface area contributed by atoms with E-state index in [-0.39, 0.29) is 12.0 Å². The van der Waals surface area contributed by atoms with Crippen LogP contribution in [-0.4, -0.2) is 46.8 Å². The molecule has 0 radical (unpaired) electrons. The molecule has 1 atom stereocenters. The molecule has 1 heterocycles. The lowest BCUT2D eigenvalue weighted by Gasteiger charge is -2.46. The summed E-state index contributed by atoms with van der Waals surface area (Å²) in [5.74, 6) is -1.14. The smallest absolute Gasteiger partial charge is 0.333 e. The van der Waals surface area contributed by atoms with Crippen LogP contribution in [0.1, 0.15) is 13.8 Å². The van der Waals surface area contributed by atoms with Gasteiger partial charge in [-0.3, -0.25) is 4.90 Å². The number of nitrogens with zero attached hydrogens (tertiary/aromatic N) is 1. The maximum Gasteiger partial charge on any atom is 0.333 e. The topological polar surface area (TPSA) is 60.8 Å². The predicted molar refractivity (Wildman–Crippen MR) is 43.9 cm³/mol. The molecular weight excluding hydrogens is 158 g/mol. The van der Waals surface area contributed by atoms with Crippen LogP contribution >= 0.6 is 0 Å². The summed E-state index contributed by atoms with van der Waals surface area (Å²) in [5.41, 5.74) is 0.290. The molecule has 4 nitrogen and oxygen atoms in total. The van der Waals surface area contributed by atoms with Crippen LogP contribution in [0.3, 0.4) is 0 Å². The van der Waals surface area contributed by atoms with Gasteiger partial charge in [0.1, 0.15) is 0 Å². The van der Waals surface area contributed by atoms with Gasteiger partial charge in [-0.25, -0.2) is 4.79 Å². The number of β-amino-alcohol motifs (C(OH)–C–C–N with tert-alkyl or cyclic N) is 1. The van der Waals surface area contributed by atoms with E-state index in [9.17, 15) is 4.79 Å². The maximum atomic E-state index is 10.3. The molecule has 12 heavy (non-hydrogen) atoms. The van der Waals surface area contributed by atoms with Crippen molar-refractivity contribution in [1.82, 2.24) is 4.90 Å². The molecule has 70 valence electrons. The highest BCUT2D eigenvalue weighted by atomic mass is 16.4. The lowest BCUT2D eigenvalue weighted by molar-refractivity contribution is -0.149. The molecule has 4 heteroatoms. The molecule has 0 aliphatic carbocycles. The van der Waals surface area contributed by atoms with Gasteiger partial charge in [0.2, 0.25) is 0 Å². The molecule has 0 saturated carbocycles. The molecular formula is C8H15NO3. The van der Waals surface area contributed by atoms with Crippen molar-refractivity contribution in [2.75, 3.05) is 19.6 Å². The van der Waals surface area contributed by atoms with Gasteiger partial charge < -0.3 is 10.2 Å². The molecule has 2 N–H and O–H groups in total. The van der Waals surface area contributed by atoms with E-state index in [2.05, 4.69) is 13.8 Å². The van der Waals surface area contributed by atoms with Crippen LogP contribution in [0.25, 0.3) is 0 Å². The molecule has 0 spiro atoms. The summed E-state index contributed by atoms with van der Waals surface area (Å²) in [4.78, 5) is 12.2. The molecule has 1 unspecified atom stereocenters. The zero-order valence-electron chi connectivity index (χ0n) is 7.45. The summed E-state index contributed by atoms with van der Waals surface area (Å²) in [6.45, 7) is 6.24. The van der Waals surface area contributed by atoms with Gasteiger partial charge in [0.25, 0.3) is 0 Å². The number of carbonyl (C=O) groups is 1. The summed E-state index contributed by atoms with van der Waals surface area (Å²) >= 11 is 0. The molecule has 1 aliphatic heterocycles. The van der Waals surface area contributed by atoms with Crippen molar-refractivity contribution in [3.8, 4) is 0 Å². The highest BCUT2D eigenvalue weighted by Crippen LogP contribution is 2.28. The number of aliphatic hydroxyl groups is 1. The van der Waals surface area contributed by atoms with E-state index in [1.54, 1.807) is 0 Å². The molecule has 0 bridgehead atoms. The molecule has 0 aromatic rings. The highest BCUT2D eigenvalue weighted by molar-refractivity contribution is 5.72. The van der Waals surface area contributed by atoms with Crippen molar-refractivity contribution >= 4 is 5.97 Å². The number of aliphatic hydroxyl groups excluding tert-OH is 1. The van der Waals surface area contributed by atoms with E-state index in [4.69, 9.17) is 10.2 Å². The summed E-state index contributed by atoms with van der Waals surface area (Å²) in [6, 6.07) is 0. The molecule has 0 aromatic heterocycles. The van der Waals surface area contributed by atoms with Gasteiger partial charge in [-0.15, -0.1) is 0 Å². The lowest BCUT2D eigenvalue weighted by Crippen LogP contribution is -2.55. The van der Waals surface area contributed by atoms with E-state index < -0.39 is 12.1 Å². The summed E-state index contributed by atoms with van der Waals surface area (Å²) < 4.78 is 0. The van der Waals surface area contributed by atoms with E-state index in [1.807, 2.05) is 4.90 Å². The van der Waals surface area contributed by atoms with E-state index in [1.165, 1.54) is 0 Å². The third-order valence-corrected chi connectivity index (χ3v) is 2.02. The van der Waals surface area contributed by atoms with Crippen molar-refractivity contribution < 1.29 is 15.0 Å². The second-order valence-electron chi connectivity index (χ2n) is 4.19. The highest BCUT2D eigenvalue weighted by Gasteiger charge is 2.35. The van der Waals surface area contributed by atoms with Gasteiger partial charge in [-0.05, 0) is 5.41 Å². The minimum atomic E-state index is -1.24. The van der Waals surface area contributed by atoms with Gasteiger partial charge in [-0.1, -0.05) is 13.8 Å². The Bertz CT molecular complexity index is 183. The Hall–Kier alpha value is -0.610. The van der Waals surface area contributed by atoms with E-state index >= 15 is 0 Å². The van der Waals surface area contributed by atoms with Gasteiger partial charge in [0.15, 0.2) is 6.10 Å². The molecule has 0 amide bonds. The third-order valence-electron chi connectivity index (χ3n) is 2.02. The molecule has 0 aromatic carbocycles. The zero-order chi connectivity index (χ0) is 9.35. The van der Waals surface area contributed by atoms with Crippen LogP contribution in [0.5, 0.6) is 0 Å². The first kappa shape index (κ1) is 9.48. The fourth-order valence-electron chi connectivity index (χ4n) is 1.62.